The minimum absolute atomic E-state index is 0.220. The van der Waals surface area contributed by atoms with Crippen LogP contribution in [-0.4, -0.2) is 28.7 Å². The lowest BCUT2D eigenvalue weighted by molar-refractivity contribution is 0.00673. The Kier molecular flexibility index (Phi) is 4.69. The topological polar surface area (TPSA) is 23.5 Å². The molecule has 1 saturated heterocycles. The minimum atomic E-state index is -0.220. The molecule has 1 N–H and O–H groups in total. The van der Waals surface area contributed by atoms with Gasteiger partial charge >= 0.3 is 0 Å². The molecule has 1 aliphatic rings. The molecule has 2 unspecified atom stereocenters. The number of nitrogens with zero attached hydrogens (tertiary/aromatic N) is 1. The summed E-state index contributed by atoms with van der Waals surface area (Å²) in [7, 11) is 0. The number of aliphatic hydroxyl groups excluding tert-OH is 1. The van der Waals surface area contributed by atoms with E-state index in [0.717, 1.165) is 32.4 Å². The second-order valence-electron chi connectivity index (χ2n) is 5.92. The Morgan fingerprint density at radius 1 is 0.905 bits per heavy atom. The first-order valence-corrected chi connectivity index (χ1v) is 7.83. The number of piperidine rings is 1. The van der Waals surface area contributed by atoms with Gasteiger partial charge in [-0.3, -0.25) is 4.90 Å². The summed E-state index contributed by atoms with van der Waals surface area (Å²) in [5, 5.41) is 10.4. The molecule has 0 aromatic heterocycles. The Balaban J connectivity index is 1.73. The van der Waals surface area contributed by atoms with Crippen LogP contribution in [0.2, 0.25) is 0 Å². The Bertz CT molecular complexity index is 540. The predicted molar refractivity (Wildman–Crippen MR) is 86.0 cm³/mol. The second kappa shape index (κ2) is 6.88. The maximum atomic E-state index is 10.4. The van der Waals surface area contributed by atoms with E-state index in [9.17, 15) is 5.11 Å². The minimum Gasteiger partial charge on any atom is -0.391 e. The van der Waals surface area contributed by atoms with E-state index in [1.54, 1.807) is 0 Å². The molecular weight excluding hydrogens is 258 g/mol. The lowest BCUT2D eigenvalue weighted by Crippen LogP contribution is -2.48. The van der Waals surface area contributed by atoms with Crippen LogP contribution in [0.15, 0.2) is 60.7 Å². The Morgan fingerprint density at radius 3 is 2.19 bits per heavy atom. The van der Waals surface area contributed by atoms with Crippen LogP contribution < -0.4 is 0 Å². The molecule has 2 nitrogen and oxygen atoms in total. The fourth-order valence-electron chi connectivity index (χ4n) is 3.24. The number of hydrogen-bond acceptors (Lipinski definition) is 2. The quantitative estimate of drug-likeness (QED) is 0.930. The average Bonchev–Trinajstić information content (AvgIpc) is 2.53. The van der Waals surface area contributed by atoms with Crippen molar-refractivity contribution in [3.8, 4) is 0 Å². The summed E-state index contributed by atoms with van der Waals surface area (Å²) in [5.74, 6) is 0. The van der Waals surface area contributed by atoms with E-state index in [1.165, 1.54) is 11.1 Å². The van der Waals surface area contributed by atoms with Gasteiger partial charge in [0.15, 0.2) is 0 Å². The van der Waals surface area contributed by atoms with Crippen molar-refractivity contribution >= 4 is 0 Å². The number of rotatable bonds is 4. The van der Waals surface area contributed by atoms with E-state index in [1.807, 2.05) is 6.07 Å². The molecular formula is C19H23NO. The van der Waals surface area contributed by atoms with Crippen molar-refractivity contribution in [1.29, 1.82) is 0 Å². The SMILES string of the molecule is OC1CCCN(Cc2ccccc2)C1Cc1ccccc1. The van der Waals surface area contributed by atoms with Crippen LogP contribution in [-0.2, 0) is 13.0 Å². The fraction of sp³-hybridized carbons (Fsp3) is 0.368. The van der Waals surface area contributed by atoms with Crippen LogP contribution in [0.3, 0.4) is 0 Å². The third-order valence-electron chi connectivity index (χ3n) is 4.37. The van der Waals surface area contributed by atoms with Crippen LogP contribution in [0, 0.1) is 0 Å². The fourth-order valence-corrected chi connectivity index (χ4v) is 3.24. The largest absolute Gasteiger partial charge is 0.391 e. The van der Waals surface area contributed by atoms with Crippen molar-refractivity contribution in [1.82, 2.24) is 4.90 Å². The molecule has 3 rings (SSSR count). The standard InChI is InChI=1S/C19H23NO/c21-19-12-7-13-20(15-17-10-5-2-6-11-17)18(19)14-16-8-3-1-4-9-16/h1-6,8-11,18-19,21H,7,12-15H2. The first kappa shape index (κ1) is 14.3. The average molecular weight is 281 g/mol. The van der Waals surface area contributed by atoms with Crippen molar-refractivity contribution in [3.63, 3.8) is 0 Å². The molecule has 0 spiro atoms. The van der Waals surface area contributed by atoms with Crippen LogP contribution >= 0.6 is 0 Å². The summed E-state index contributed by atoms with van der Waals surface area (Å²) >= 11 is 0. The van der Waals surface area contributed by atoms with E-state index < -0.39 is 0 Å². The van der Waals surface area contributed by atoms with Gasteiger partial charge in [0.1, 0.15) is 0 Å². The zero-order valence-corrected chi connectivity index (χ0v) is 12.4. The van der Waals surface area contributed by atoms with E-state index in [4.69, 9.17) is 0 Å². The molecule has 1 fully saturated rings. The Morgan fingerprint density at radius 2 is 1.52 bits per heavy atom. The molecule has 110 valence electrons. The first-order valence-electron chi connectivity index (χ1n) is 7.83. The number of aliphatic hydroxyl groups is 1. The zero-order chi connectivity index (χ0) is 14.5. The lowest BCUT2D eigenvalue weighted by atomic mass is 9.92. The van der Waals surface area contributed by atoms with E-state index in [2.05, 4.69) is 59.5 Å². The van der Waals surface area contributed by atoms with Gasteiger partial charge in [-0.1, -0.05) is 60.7 Å². The molecule has 2 aromatic carbocycles. The van der Waals surface area contributed by atoms with Crippen molar-refractivity contribution in [2.45, 2.75) is 38.0 Å². The van der Waals surface area contributed by atoms with Crippen LogP contribution in [0.5, 0.6) is 0 Å². The number of hydrogen-bond donors (Lipinski definition) is 1. The molecule has 2 heteroatoms. The van der Waals surface area contributed by atoms with Gasteiger partial charge < -0.3 is 5.11 Å². The molecule has 0 saturated carbocycles. The molecule has 2 aromatic rings. The first-order chi connectivity index (χ1) is 10.3. The molecule has 1 heterocycles. The number of benzene rings is 2. The molecule has 0 amide bonds. The van der Waals surface area contributed by atoms with Gasteiger partial charge in [0, 0.05) is 12.6 Å². The van der Waals surface area contributed by atoms with Gasteiger partial charge in [0.2, 0.25) is 0 Å². The van der Waals surface area contributed by atoms with E-state index >= 15 is 0 Å². The van der Waals surface area contributed by atoms with Gasteiger partial charge in [-0.05, 0) is 36.9 Å². The maximum absolute atomic E-state index is 10.4. The van der Waals surface area contributed by atoms with Crippen LogP contribution in [0.1, 0.15) is 24.0 Å². The summed E-state index contributed by atoms with van der Waals surface area (Å²) < 4.78 is 0. The van der Waals surface area contributed by atoms with Gasteiger partial charge in [-0.25, -0.2) is 0 Å². The summed E-state index contributed by atoms with van der Waals surface area (Å²) in [6.07, 6.45) is 2.71. The van der Waals surface area contributed by atoms with Gasteiger partial charge in [-0.2, -0.15) is 0 Å². The van der Waals surface area contributed by atoms with Gasteiger partial charge in [0.05, 0.1) is 6.10 Å². The van der Waals surface area contributed by atoms with Crippen molar-refractivity contribution in [3.05, 3.63) is 71.8 Å². The second-order valence-corrected chi connectivity index (χ2v) is 5.92. The smallest absolute Gasteiger partial charge is 0.0699 e. The summed E-state index contributed by atoms with van der Waals surface area (Å²) in [4.78, 5) is 2.44. The van der Waals surface area contributed by atoms with Crippen LogP contribution in [0.4, 0.5) is 0 Å². The zero-order valence-electron chi connectivity index (χ0n) is 12.4. The van der Waals surface area contributed by atoms with Gasteiger partial charge in [-0.15, -0.1) is 0 Å². The highest BCUT2D eigenvalue weighted by molar-refractivity contribution is 5.18. The number of likely N-dealkylation sites (tertiary alicyclic amines) is 1. The van der Waals surface area contributed by atoms with E-state index in [0.29, 0.717) is 0 Å². The Labute approximate surface area is 127 Å². The molecule has 0 aliphatic carbocycles. The summed E-state index contributed by atoms with van der Waals surface area (Å²) in [6, 6.07) is 21.3. The van der Waals surface area contributed by atoms with Crippen molar-refractivity contribution in [2.75, 3.05) is 6.54 Å². The summed E-state index contributed by atoms with van der Waals surface area (Å²) in [6.45, 7) is 2.00. The molecule has 2 atom stereocenters. The Hall–Kier alpha value is -1.64. The lowest BCUT2D eigenvalue weighted by Gasteiger charge is -2.39. The highest BCUT2D eigenvalue weighted by Gasteiger charge is 2.29. The normalized spacial score (nSPS) is 23.1. The molecule has 0 radical (unpaired) electrons. The summed E-state index contributed by atoms with van der Waals surface area (Å²) in [5.41, 5.74) is 2.63. The molecule has 1 aliphatic heterocycles. The third kappa shape index (κ3) is 3.72. The highest BCUT2D eigenvalue weighted by atomic mass is 16.3. The third-order valence-corrected chi connectivity index (χ3v) is 4.37. The maximum Gasteiger partial charge on any atom is 0.0699 e. The predicted octanol–water partition coefficient (Wildman–Crippen LogP) is 3.25. The highest BCUT2D eigenvalue weighted by Crippen LogP contribution is 2.23. The van der Waals surface area contributed by atoms with E-state index in [-0.39, 0.29) is 12.1 Å². The van der Waals surface area contributed by atoms with Crippen molar-refractivity contribution in [2.24, 2.45) is 0 Å². The van der Waals surface area contributed by atoms with Gasteiger partial charge in [0.25, 0.3) is 0 Å². The van der Waals surface area contributed by atoms with Crippen LogP contribution in [0.25, 0.3) is 0 Å². The molecule has 21 heavy (non-hydrogen) atoms. The monoisotopic (exact) mass is 281 g/mol. The van der Waals surface area contributed by atoms with Crippen molar-refractivity contribution < 1.29 is 5.11 Å². The molecule has 0 bridgehead atoms.